The first-order chi connectivity index (χ1) is 23.3. The van der Waals surface area contributed by atoms with Gasteiger partial charge in [0.05, 0.1) is 0 Å². The highest BCUT2D eigenvalue weighted by Crippen LogP contribution is 2.44. The Balaban J connectivity index is 1.16. The second-order valence-electron chi connectivity index (χ2n) is 12.4. The SMILES string of the molecule is C1=CC(c2c3ccccc3c(-c3ccc4c(c3)oc3cc5oc6ccccc6c5cc34)c3ccccc23)=CCC=C1c1ccccc1. The molecular formula is C45H28O2. The molecule has 0 spiro atoms. The Morgan fingerprint density at radius 3 is 1.60 bits per heavy atom. The molecule has 0 saturated carbocycles. The molecule has 2 aromatic heterocycles. The Morgan fingerprint density at radius 1 is 0.340 bits per heavy atom. The van der Waals surface area contributed by atoms with E-state index in [-0.39, 0.29) is 0 Å². The summed E-state index contributed by atoms with van der Waals surface area (Å²) >= 11 is 0. The van der Waals surface area contributed by atoms with Gasteiger partial charge in [0.1, 0.15) is 22.3 Å². The Kier molecular flexibility index (Phi) is 5.67. The molecule has 0 bridgehead atoms. The fraction of sp³-hybridized carbons (Fsp3) is 0.0222. The van der Waals surface area contributed by atoms with Crippen molar-refractivity contribution in [2.45, 2.75) is 6.42 Å². The second kappa shape index (κ2) is 10.2. The minimum Gasteiger partial charge on any atom is -0.456 e. The third-order valence-electron chi connectivity index (χ3n) is 9.70. The summed E-state index contributed by atoms with van der Waals surface area (Å²) in [7, 11) is 0. The van der Waals surface area contributed by atoms with E-state index in [0.29, 0.717) is 0 Å². The third-order valence-corrected chi connectivity index (χ3v) is 9.70. The van der Waals surface area contributed by atoms with Gasteiger partial charge in [0.25, 0.3) is 0 Å². The Morgan fingerprint density at radius 2 is 0.872 bits per heavy atom. The molecule has 220 valence electrons. The normalized spacial score (nSPS) is 13.6. The highest BCUT2D eigenvalue weighted by atomic mass is 16.3. The van der Waals surface area contributed by atoms with Crippen molar-refractivity contribution >= 4 is 76.6 Å². The summed E-state index contributed by atoms with van der Waals surface area (Å²) in [5, 5.41) is 9.41. The van der Waals surface area contributed by atoms with Crippen LogP contribution in [0.5, 0.6) is 0 Å². The number of benzene rings is 7. The zero-order chi connectivity index (χ0) is 30.9. The maximum Gasteiger partial charge on any atom is 0.139 e. The van der Waals surface area contributed by atoms with E-state index in [1.54, 1.807) is 0 Å². The predicted octanol–water partition coefficient (Wildman–Crippen LogP) is 12.9. The highest BCUT2D eigenvalue weighted by molar-refractivity contribution is 6.21. The Hall–Kier alpha value is -6.12. The molecule has 0 fully saturated rings. The van der Waals surface area contributed by atoms with Crippen LogP contribution in [0.15, 0.2) is 167 Å². The van der Waals surface area contributed by atoms with Crippen LogP contribution in [0.1, 0.15) is 17.5 Å². The summed E-state index contributed by atoms with van der Waals surface area (Å²) < 4.78 is 12.7. The average Bonchev–Trinajstić information content (AvgIpc) is 3.56. The number of hydrogen-bond acceptors (Lipinski definition) is 2. The lowest BCUT2D eigenvalue weighted by Crippen LogP contribution is -1.93. The van der Waals surface area contributed by atoms with Gasteiger partial charge in [-0.2, -0.15) is 0 Å². The molecule has 2 heteroatoms. The van der Waals surface area contributed by atoms with Gasteiger partial charge in [-0.05, 0) is 85.6 Å². The van der Waals surface area contributed by atoms with Crippen molar-refractivity contribution in [3.63, 3.8) is 0 Å². The smallest absolute Gasteiger partial charge is 0.139 e. The fourth-order valence-electron chi connectivity index (χ4n) is 7.56. The molecule has 9 aromatic rings. The molecular weight excluding hydrogens is 572 g/mol. The lowest BCUT2D eigenvalue weighted by molar-refractivity contribution is 0.656. The zero-order valence-corrected chi connectivity index (χ0v) is 25.5. The molecule has 0 saturated heterocycles. The first kappa shape index (κ1) is 26.1. The molecule has 0 N–H and O–H groups in total. The summed E-state index contributed by atoms with van der Waals surface area (Å²) in [5.74, 6) is 0. The summed E-state index contributed by atoms with van der Waals surface area (Å²) in [6, 6.07) is 47.4. The van der Waals surface area contributed by atoms with Crippen LogP contribution in [0, 0.1) is 0 Å². The van der Waals surface area contributed by atoms with Gasteiger partial charge in [0.2, 0.25) is 0 Å². The minimum absolute atomic E-state index is 0.837. The van der Waals surface area contributed by atoms with Gasteiger partial charge in [-0.15, -0.1) is 0 Å². The van der Waals surface area contributed by atoms with Gasteiger partial charge >= 0.3 is 0 Å². The molecule has 0 aliphatic heterocycles. The molecule has 0 unspecified atom stereocenters. The van der Waals surface area contributed by atoms with Crippen molar-refractivity contribution in [1.82, 2.24) is 0 Å². The van der Waals surface area contributed by atoms with E-state index < -0.39 is 0 Å². The fourth-order valence-corrected chi connectivity index (χ4v) is 7.56. The number of allylic oxidation sites excluding steroid dienone is 6. The average molecular weight is 601 g/mol. The van der Waals surface area contributed by atoms with Gasteiger partial charge in [-0.25, -0.2) is 0 Å². The monoisotopic (exact) mass is 600 g/mol. The van der Waals surface area contributed by atoms with Gasteiger partial charge in [-0.1, -0.05) is 127 Å². The molecule has 0 amide bonds. The van der Waals surface area contributed by atoms with Crippen molar-refractivity contribution in [2.24, 2.45) is 0 Å². The van der Waals surface area contributed by atoms with Crippen LogP contribution < -0.4 is 0 Å². The minimum atomic E-state index is 0.837. The Labute approximate surface area is 271 Å². The van der Waals surface area contributed by atoms with Crippen LogP contribution in [0.4, 0.5) is 0 Å². The van der Waals surface area contributed by atoms with Crippen LogP contribution in [-0.4, -0.2) is 0 Å². The van der Waals surface area contributed by atoms with Crippen molar-refractivity contribution in [2.75, 3.05) is 0 Å². The van der Waals surface area contributed by atoms with E-state index in [9.17, 15) is 0 Å². The summed E-state index contributed by atoms with van der Waals surface area (Å²) in [6.45, 7) is 0. The zero-order valence-electron chi connectivity index (χ0n) is 25.5. The van der Waals surface area contributed by atoms with Crippen LogP contribution in [0.3, 0.4) is 0 Å². The first-order valence-corrected chi connectivity index (χ1v) is 16.2. The topological polar surface area (TPSA) is 26.3 Å². The lowest BCUT2D eigenvalue weighted by Gasteiger charge is -2.18. The quantitative estimate of drug-likeness (QED) is 0.189. The van der Waals surface area contributed by atoms with E-state index >= 15 is 0 Å². The maximum atomic E-state index is 6.54. The van der Waals surface area contributed by atoms with Crippen LogP contribution >= 0.6 is 0 Å². The molecule has 0 atom stereocenters. The molecule has 1 aliphatic rings. The highest BCUT2D eigenvalue weighted by Gasteiger charge is 2.19. The van der Waals surface area contributed by atoms with Gasteiger partial charge < -0.3 is 8.83 Å². The lowest BCUT2D eigenvalue weighted by atomic mass is 9.85. The predicted molar refractivity (Wildman–Crippen MR) is 198 cm³/mol. The number of fused-ring (bicyclic) bond motifs is 8. The summed E-state index contributed by atoms with van der Waals surface area (Å²) in [5.41, 5.74) is 10.8. The van der Waals surface area contributed by atoms with Gasteiger partial charge in [-0.3, -0.25) is 0 Å². The van der Waals surface area contributed by atoms with Crippen molar-refractivity contribution in [1.29, 1.82) is 0 Å². The molecule has 47 heavy (non-hydrogen) atoms. The van der Waals surface area contributed by atoms with Crippen LogP contribution in [0.25, 0.3) is 87.7 Å². The first-order valence-electron chi connectivity index (χ1n) is 16.2. The van der Waals surface area contributed by atoms with Crippen LogP contribution in [-0.2, 0) is 0 Å². The molecule has 10 rings (SSSR count). The summed E-state index contributed by atoms with van der Waals surface area (Å²) in [6.07, 6.45) is 10.1. The number of para-hydroxylation sites is 1. The third kappa shape index (κ3) is 4.05. The van der Waals surface area contributed by atoms with E-state index in [2.05, 4.69) is 140 Å². The Bertz CT molecular complexity index is 2740. The molecule has 2 heterocycles. The van der Waals surface area contributed by atoms with Crippen molar-refractivity contribution in [3.8, 4) is 11.1 Å². The van der Waals surface area contributed by atoms with Crippen LogP contribution in [0.2, 0.25) is 0 Å². The summed E-state index contributed by atoms with van der Waals surface area (Å²) in [4.78, 5) is 0. The maximum absolute atomic E-state index is 6.54. The van der Waals surface area contributed by atoms with Crippen molar-refractivity contribution in [3.05, 3.63) is 169 Å². The standard InChI is InChI=1S/C45H28O2/c1-2-11-28(12-3-1)29-13-10-14-30(22-21-29)44-34-16-4-6-18-36(34)45(37-19-7-5-17-35(37)44)31-23-24-33-39-26-38-32-15-8-9-20-40(32)46-42(38)27-43(39)47-41(33)25-31/h1-9,11-27H,10H2. The molecule has 2 nitrogen and oxygen atoms in total. The van der Waals surface area contributed by atoms with E-state index in [4.69, 9.17) is 8.83 Å². The molecule has 7 aromatic carbocycles. The molecule has 0 radical (unpaired) electrons. The largest absolute Gasteiger partial charge is 0.456 e. The van der Waals surface area contributed by atoms with E-state index in [0.717, 1.165) is 55.9 Å². The second-order valence-corrected chi connectivity index (χ2v) is 12.4. The number of furan rings is 2. The van der Waals surface area contributed by atoms with E-state index in [1.165, 1.54) is 49.4 Å². The number of rotatable bonds is 3. The number of hydrogen-bond donors (Lipinski definition) is 0. The van der Waals surface area contributed by atoms with Crippen molar-refractivity contribution < 1.29 is 8.83 Å². The van der Waals surface area contributed by atoms with E-state index in [1.807, 2.05) is 18.2 Å². The van der Waals surface area contributed by atoms with Gasteiger partial charge in [0, 0.05) is 27.6 Å². The molecule has 1 aliphatic carbocycles. The van der Waals surface area contributed by atoms with Gasteiger partial charge in [0.15, 0.2) is 0 Å².